The van der Waals surface area contributed by atoms with Crippen molar-refractivity contribution in [3.8, 4) is 0 Å². The first kappa shape index (κ1) is 15.1. The van der Waals surface area contributed by atoms with Crippen molar-refractivity contribution in [2.24, 2.45) is 0 Å². The van der Waals surface area contributed by atoms with Gasteiger partial charge in [0.1, 0.15) is 0 Å². The second kappa shape index (κ2) is 6.00. The Hall–Kier alpha value is -2.29. The van der Waals surface area contributed by atoms with Gasteiger partial charge in [-0.05, 0) is 56.5 Å². The molecule has 0 aromatic heterocycles. The highest BCUT2D eigenvalue weighted by atomic mass is 16.1. The lowest BCUT2D eigenvalue weighted by Crippen LogP contribution is -2.20. The molecule has 2 aromatic carbocycles. The minimum Gasteiger partial charge on any atom is -0.399 e. The smallest absolute Gasteiger partial charge is 0.231 e. The molecular formula is C18H22N2O. The van der Waals surface area contributed by atoms with Gasteiger partial charge in [0.05, 0.1) is 5.92 Å². The quantitative estimate of drug-likeness (QED) is 0.838. The Balaban J connectivity index is 2.22. The third-order valence-corrected chi connectivity index (χ3v) is 3.73. The zero-order valence-corrected chi connectivity index (χ0v) is 13.0. The van der Waals surface area contributed by atoms with Crippen LogP contribution in [0.4, 0.5) is 11.4 Å². The van der Waals surface area contributed by atoms with Gasteiger partial charge in [0, 0.05) is 11.4 Å². The monoisotopic (exact) mass is 282 g/mol. The van der Waals surface area contributed by atoms with Gasteiger partial charge in [0.25, 0.3) is 0 Å². The Morgan fingerprint density at radius 2 is 1.71 bits per heavy atom. The highest BCUT2D eigenvalue weighted by Gasteiger charge is 2.17. The van der Waals surface area contributed by atoms with Crippen molar-refractivity contribution in [2.45, 2.75) is 33.6 Å². The van der Waals surface area contributed by atoms with Crippen LogP contribution >= 0.6 is 0 Å². The molecule has 1 unspecified atom stereocenters. The van der Waals surface area contributed by atoms with Crippen LogP contribution in [0.2, 0.25) is 0 Å². The Labute approximate surface area is 126 Å². The van der Waals surface area contributed by atoms with E-state index in [4.69, 9.17) is 5.73 Å². The minimum absolute atomic E-state index is 0.0179. The molecule has 110 valence electrons. The van der Waals surface area contributed by atoms with Crippen molar-refractivity contribution < 1.29 is 4.79 Å². The summed E-state index contributed by atoms with van der Waals surface area (Å²) in [6.07, 6.45) is 0. The number of hydrogen-bond donors (Lipinski definition) is 2. The minimum atomic E-state index is -0.242. The summed E-state index contributed by atoms with van der Waals surface area (Å²) in [5.41, 5.74) is 11.7. The first-order valence-electron chi connectivity index (χ1n) is 7.12. The molecule has 1 atom stereocenters. The molecule has 0 radical (unpaired) electrons. The number of amides is 1. The van der Waals surface area contributed by atoms with Crippen LogP contribution in [-0.2, 0) is 4.79 Å². The zero-order chi connectivity index (χ0) is 15.6. The maximum atomic E-state index is 12.5. The number of rotatable bonds is 3. The predicted molar refractivity (Wildman–Crippen MR) is 88.6 cm³/mol. The van der Waals surface area contributed by atoms with Crippen LogP contribution in [0.1, 0.15) is 35.1 Å². The molecule has 0 aliphatic heterocycles. The summed E-state index contributed by atoms with van der Waals surface area (Å²) < 4.78 is 0. The molecule has 2 aromatic rings. The largest absolute Gasteiger partial charge is 0.399 e. The van der Waals surface area contributed by atoms with Gasteiger partial charge in [-0.1, -0.05) is 29.8 Å². The molecule has 0 spiro atoms. The van der Waals surface area contributed by atoms with Crippen LogP contribution in [0.5, 0.6) is 0 Å². The Bertz CT molecular complexity index is 654. The van der Waals surface area contributed by atoms with E-state index in [-0.39, 0.29) is 11.8 Å². The van der Waals surface area contributed by atoms with E-state index in [0.29, 0.717) is 5.69 Å². The summed E-state index contributed by atoms with van der Waals surface area (Å²) in [5.74, 6) is -0.260. The fourth-order valence-electron chi connectivity index (χ4n) is 2.59. The molecule has 0 saturated heterocycles. The van der Waals surface area contributed by atoms with Gasteiger partial charge in [-0.25, -0.2) is 0 Å². The molecule has 0 fully saturated rings. The molecule has 0 heterocycles. The molecule has 2 rings (SSSR count). The van der Waals surface area contributed by atoms with Crippen LogP contribution in [0.15, 0.2) is 36.4 Å². The summed E-state index contributed by atoms with van der Waals surface area (Å²) >= 11 is 0. The number of carbonyl (C=O) groups is 1. The van der Waals surface area contributed by atoms with E-state index in [1.54, 1.807) is 0 Å². The fraction of sp³-hybridized carbons (Fsp3) is 0.278. The van der Waals surface area contributed by atoms with Gasteiger partial charge < -0.3 is 11.1 Å². The van der Waals surface area contributed by atoms with Crippen LogP contribution in [0.3, 0.4) is 0 Å². The molecule has 1 amide bonds. The van der Waals surface area contributed by atoms with Gasteiger partial charge in [-0.15, -0.1) is 0 Å². The number of nitrogens with one attached hydrogen (secondary N) is 1. The van der Waals surface area contributed by atoms with E-state index >= 15 is 0 Å². The molecule has 21 heavy (non-hydrogen) atoms. The van der Waals surface area contributed by atoms with Gasteiger partial charge in [0.2, 0.25) is 5.91 Å². The fourth-order valence-corrected chi connectivity index (χ4v) is 2.59. The topological polar surface area (TPSA) is 55.1 Å². The van der Waals surface area contributed by atoms with E-state index in [1.807, 2.05) is 45.0 Å². The molecule has 0 aliphatic carbocycles. The third-order valence-electron chi connectivity index (χ3n) is 3.73. The summed E-state index contributed by atoms with van der Waals surface area (Å²) in [4.78, 5) is 12.5. The lowest BCUT2D eigenvalue weighted by Gasteiger charge is -2.17. The Morgan fingerprint density at radius 1 is 1.10 bits per heavy atom. The Morgan fingerprint density at radius 3 is 2.29 bits per heavy atom. The average Bonchev–Trinajstić information content (AvgIpc) is 2.41. The lowest BCUT2D eigenvalue weighted by atomic mass is 9.98. The summed E-state index contributed by atoms with van der Waals surface area (Å²) in [5, 5.41) is 3.04. The number of carbonyl (C=O) groups excluding carboxylic acids is 1. The van der Waals surface area contributed by atoms with Gasteiger partial charge in [0.15, 0.2) is 0 Å². The van der Waals surface area contributed by atoms with Crippen LogP contribution in [0, 0.1) is 20.8 Å². The summed E-state index contributed by atoms with van der Waals surface area (Å²) in [7, 11) is 0. The predicted octanol–water partition coefficient (Wildman–Crippen LogP) is 3.94. The second-order valence-electron chi connectivity index (χ2n) is 5.65. The first-order chi connectivity index (χ1) is 9.88. The number of hydrogen-bond acceptors (Lipinski definition) is 2. The van der Waals surface area contributed by atoms with Crippen LogP contribution in [-0.4, -0.2) is 5.91 Å². The number of anilines is 2. The highest BCUT2D eigenvalue weighted by molar-refractivity contribution is 5.97. The summed E-state index contributed by atoms with van der Waals surface area (Å²) in [6.45, 7) is 7.98. The van der Waals surface area contributed by atoms with Crippen molar-refractivity contribution in [2.75, 3.05) is 11.1 Å². The molecule has 0 aliphatic rings. The number of benzene rings is 2. The molecule has 3 N–H and O–H groups in total. The van der Waals surface area contributed by atoms with Crippen LogP contribution in [0.25, 0.3) is 0 Å². The maximum absolute atomic E-state index is 12.5. The molecule has 3 nitrogen and oxygen atoms in total. The van der Waals surface area contributed by atoms with Gasteiger partial charge in [-0.3, -0.25) is 4.79 Å². The van der Waals surface area contributed by atoms with Crippen LogP contribution < -0.4 is 11.1 Å². The molecular weight excluding hydrogens is 260 g/mol. The number of nitrogen functional groups attached to an aromatic ring is 1. The van der Waals surface area contributed by atoms with Crippen molar-refractivity contribution >= 4 is 17.3 Å². The van der Waals surface area contributed by atoms with E-state index in [0.717, 1.165) is 22.4 Å². The molecule has 0 bridgehead atoms. The van der Waals surface area contributed by atoms with E-state index < -0.39 is 0 Å². The Kier molecular flexibility index (Phi) is 4.32. The number of aryl methyl sites for hydroxylation is 3. The first-order valence-corrected chi connectivity index (χ1v) is 7.12. The van der Waals surface area contributed by atoms with Crippen molar-refractivity contribution in [1.29, 1.82) is 0 Å². The maximum Gasteiger partial charge on any atom is 0.231 e. The van der Waals surface area contributed by atoms with Crippen molar-refractivity contribution in [3.05, 3.63) is 58.7 Å². The van der Waals surface area contributed by atoms with Gasteiger partial charge >= 0.3 is 0 Å². The van der Waals surface area contributed by atoms with Crippen molar-refractivity contribution in [3.63, 3.8) is 0 Å². The average molecular weight is 282 g/mol. The third kappa shape index (κ3) is 3.43. The van der Waals surface area contributed by atoms with E-state index in [1.165, 1.54) is 5.56 Å². The zero-order valence-electron chi connectivity index (χ0n) is 13.0. The summed E-state index contributed by atoms with van der Waals surface area (Å²) in [6, 6.07) is 11.6. The SMILES string of the molecule is Cc1cc(C)c(NC(=O)C(C)c2cccc(N)c2)c(C)c1. The second-order valence-corrected chi connectivity index (χ2v) is 5.65. The van der Waals surface area contributed by atoms with E-state index in [2.05, 4.69) is 24.4 Å². The number of nitrogens with two attached hydrogens (primary N) is 1. The molecule has 0 saturated carbocycles. The van der Waals surface area contributed by atoms with Crippen molar-refractivity contribution in [1.82, 2.24) is 0 Å². The molecule has 3 heteroatoms. The van der Waals surface area contributed by atoms with E-state index in [9.17, 15) is 4.79 Å². The normalized spacial score (nSPS) is 12.0. The highest BCUT2D eigenvalue weighted by Crippen LogP contribution is 2.25. The standard InChI is InChI=1S/C18H22N2O/c1-11-8-12(2)17(13(3)9-11)20-18(21)14(4)15-6-5-7-16(19)10-15/h5-10,14H,19H2,1-4H3,(H,20,21). The van der Waals surface area contributed by atoms with Gasteiger partial charge in [-0.2, -0.15) is 0 Å². The lowest BCUT2D eigenvalue weighted by molar-refractivity contribution is -0.117.